The number of para-hydroxylation sites is 2. The summed E-state index contributed by atoms with van der Waals surface area (Å²) in [5, 5.41) is 3.84. The Balaban J connectivity index is 1.39. The van der Waals surface area contributed by atoms with Crippen LogP contribution in [0.4, 0.5) is 0 Å². The summed E-state index contributed by atoms with van der Waals surface area (Å²) >= 11 is 5.94. The molecule has 2 aromatic rings. The predicted molar refractivity (Wildman–Crippen MR) is 111 cm³/mol. The fraction of sp³-hybridized carbons (Fsp3) is 0.409. The standard InChI is InChI=1S/C22H27ClN2O3/c1-2-27-20-5-3-4-6-21(20)28-16-22(26)24-19-11-13-25(14-12-19)15-17-7-9-18(23)10-8-17/h3-10,19H,2,11-16H2,1H3,(H,24,26). The number of hydrogen-bond acceptors (Lipinski definition) is 4. The van der Waals surface area contributed by atoms with Crippen molar-refractivity contribution in [3.8, 4) is 11.5 Å². The highest BCUT2D eigenvalue weighted by molar-refractivity contribution is 6.30. The van der Waals surface area contributed by atoms with Crippen molar-refractivity contribution in [1.29, 1.82) is 0 Å². The van der Waals surface area contributed by atoms with Gasteiger partial charge in [0.15, 0.2) is 18.1 Å². The summed E-state index contributed by atoms with van der Waals surface area (Å²) in [5.74, 6) is 1.16. The van der Waals surface area contributed by atoms with E-state index in [0.29, 0.717) is 18.1 Å². The normalized spacial score (nSPS) is 15.2. The Hall–Kier alpha value is -2.24. The lowest BCUT2D eigenvalue weighted by molar-refractivity contribution is -0.124. The van der Waals surface area contributed by atoms with Crippen molar-refractivity contribution in [2.45, 2.75) is 32.4 Å². The molecule has 0 spiro atoms. The third-order valence-corrected chi connectivity index (χ3v) is 5.03. The summed E-state index contributed by atoms with van der Waals surface area (Å²) in [7, 11) is 0. The van der Waals surface area contributed by atoms with E-state index in [1.807, 2.05) is 43.3 Å². The largest absolute Gasteiger partial charge is 0.490 e. The second kappa shape index (κ2) is 10.3. The Kier molecular flexibility index (Phi) is 7.57. The minimum Gasteiger partial charge on any atom is -0.490 e. The molecule has 1 heterocycles. The number of carbonyl (C=O) groups excluding carboxylic acids is 1. The van der Waals surface area contributed by atoms with Crippen LogP contribution in [0.15, 0.2) is 48.5 Å². The average Bonchev–Trinajstić information content (AvgIpc) is 2.71. The van der Waals surface area contributed by atoms with Gasteiger partial charge in [-0.15, -0.1) is 0 Å². The monoisotopic (exact) mass is 402 g/mol. The molecule has 0 aliphatic carbocycles. The van der Waals surface area contributed by atoms with Gasteiger partial charge in [0.05, 0.1) is 6.61 Å². The Labute approximate surface area is 171 Å². The number of piperidine rings is 1. The molecule has 0 atom stereocenters. The molecule has 5 nitrogen and oxygen atoms in total. The van der Waals surface area contributed by atoms with Gasteiger partial charge in [0, 0.05) is 30.7 Å². The zero-order chi connectivity index (χ0) is 19.8. The van der Waals surface area contributed by atoms with Gasteiger partial charge in [-0.25, -0.2) is 0 Å². The SMILES string of the molecule is CCOc1ccccc1OCC(=O)NC1CCN(Cc2ccc(Cl)cc2)CC1. The van der Waals surface area contributed by atoms with E-state index in [-0.39, 0.29) is 18.6 Å². The van der Waals surface area contributed by atoms with Gasteiger partial charge in [-0.05, 0) is 49.6 Å². The van der Waals surface area contributed by atoms with E-state index < -0.39 is 0 Å². The molecule has 0 radical (unpaired) electrons. The quantitative estimate of drug-likeness (QED) is 0.727. The van der Waals surface area contributed by atoms with Crippen LogP contribution in [-0.4, -0.2) is 43.2 Å². The van der Waals surface area contributed by atoms with E-state index in [0.717, 1.165) is 37.5 Å². The zero-order valence-electron chi connectivity index (χ0n) is 16.2. The lowest BCUT2D eigenvalue weighted by atomic mass is 10.0. The van der Waals surface area contributed by atoms with Crippen LogP contribution in [-0.2, 0) is 11.3 Å². The van der Waals surface area contributed by atoms with Crippen LogP contribution in [0.5, 0.6) is 11.5 Å². The number of nitrogens with one attached hydrogen (secondary N) is 1. The first-order valence-electron chi connectivity index (χ1n) is 9.75. The summed E-state index contributed by atoms with van der Waals surface area (Å²) in [6.45, 7) is 5.30. The molecule has 150 valence electrons. The van der Waals surface area contributed by atoms with Crippen LogP contribution in [0.3, 0.4) is 0 Å². The molecule has 1 amide bonds. The minimum absolute atomic E-state index is 0.00488. The number of rotatable bonds is 8. The minimum atomic E-state index is -0.0950. The number of nitrogens with zero attached hydrogens (tertiary/aromatic N) is 1. The van der Waals surface area contributed by atoms with Crippen molar-refractivity contribution < 1.29 is 14.3 Å². The second-order valence-electron chi connectivity index (χ2n) is 6.91. The summed E-state index contributed by atoms with van der Waals surface area (Å²) in [6, 6.07) is 15.6. The van der Waals surface area contributed by atoms with Crippen LogP contribution in [0.2, 0.25) is 5.02 Å². The highest BCUT2D eigenvalue weighted by Crippen LogP contribution is 2.26. The summed E-state index contributed by atoms with van der Waals surface area (Å²) < 4.78 is 11.2. The molecule has 0 saturated carbocycles. The number of likely N-dealkylation sites (tertiary alicyclic amines) is 1. The van der Waals surface area contributed by atoms with E-state index in [1.54, 1.807) is 0 Å². The molecule has 3 rings (SSSR count). The molecule has 0 bridgehead atoms. The number of benzene rings is 2. The predicted octanol–water partition coefficient (Wildman–Crippen LogP) is 3.90. The molecule has 6 heteroatoms. The smallest absolute Gasteiger partial charge is 0.258 e. The highest BCUT2D eigenvalue weighted by Gasteiger charge is 2.21. The van der Waals surface area contributed by atoms with Gasteiger partial charge >= 0.3 is 0 Å². The Morgan fingerprint density at radius 3 is 2.36 bits per heavy atom. The van der Waals surface area contributed by atoms with Gasteiger partial charge < -0.3 is 14.8 Å². The van der Waals surface area contributed by atoms with E-state index in [2.05, 4.69) is 22.3 Å². The van der Waals surface area contributed by atoms with E-state index in [4.69, 9.17) is 21.1 Å². The van der Waals surface area contributed by atoms with Gasteiger partial charge in [0.2, 0.25) is 0 Å². The first-order chi connectivity index (χ1) is 13.6. The van der Waals surface area contributed by atoms with E-state index in [9.17, 15) is 4.79 Å². The van der Waals surface area contributed by atoms with Crippen molar-refractivity contribution in [3.63, 3.8) is 0 Å². The molecular weight excluding hydrogens is 376 g/mol. The fourth-order valence-corrected chi connectivity index (χ4v) is 3.47. The molecule has 1 aliphatic rings. The number of amides is 1. The first-order valence-corrected chi connectivity index (χ1v) is 10.1. The van der Waals surface area contributed by atoms with Gasteiger partial charge in [-0.2, -0.15) is 0 Å². The van der Waals surface area contributed by atoms with Crippen molar-refractivity contribution in [3.05, 3.63) is 59.1 Å². The van der Waals surface area contributed by atoms with Crippen molar-refractivity contribution >= 4 is 17.5 Å². The molecular formula is C22H27ClN2O3. The first kappa shape index (κ1) is 20.5. The van der Waals surface area contributed by atoms with Gasteiger partial charge in [0.1, 0.15) is 0 Å². The molecule has 1 N–H and O–H groups in total. The molecule has 28 heavy (non-hydrogen) atoms. The van der Waals surface area contributed by atoms with Crippen molar-refractivity contribution in [2.75, 3.05) is 26.3 Å². The summed E-state index contributed by atoms with van der Waals surface area (Å²) in [5.41, 5.74) is 1.26. The molecule has 0 aromatic heterocycles. The van der Waals surface area contributed by atoms with Gasteiger partial charge in [-0.3, -0.25) is 9.69 Å². The number of ether oxygens (including phenoxy) is 2. The maximum atomic E-state index is 12.3. The molecule has 2 aromatic carbocycles. The maximum absolute atomic E-state index is 12.3. The molecule has 1 aliphatic heterocycles. The second-order valence-corrected chi connectivity index (χ2v) is 7.35. The van der Waals surface area contributed by atoms with Crippen LogP contribution in [0.25, 0.3) is 0 Å². The zero-order valence-corrected chi connectivity index (χ0v) is 17.0. The highest BCUT2D eigenvalue weighted by atomic mass is 35.5. The van der Waals surface area contributed by atoms with Crippen molar-refractivity contribution in [1.82, 2.24) is 10.2 Å². The van der Waals surface area contributed by atoms with Crippen LogP contribution in [0, 0.1) is 0 Å². The Morgan fingerprint density at radius 2 is 1.71 bits per heavy atom. The Bertz CT molecular complexity index is 759. The fourth-order valence-electron chi connectivity index (χ4n) is 3.34. The molecule has 1 saturated heterocycles. The number of carbonyl (C=O) groups is 1. The Morgan fingerprint density at radius 1 is 1.07 bits per heavy atom. The van der Waals surface area contributed by atoms with Crippen LogP contribution < -0.4 is 14.8 Å². The maximum Gasteiger partial charge on any atom is 0.258 e. The van der Waals surface area contributed by atoms with Gasteiger partial charge in [0.25, 0.3) is 5.91 Å². The molecule has 0 unspecified atom stereocenters. The van der Waals surface area contributed by atoms with Crippen LogP contribution >= 0.6 is 11.6 Å². The topological polar surface area (TPSA) is 50.8 Å². The third-order valence-electron chi connectivity index (χ3n) is 4.78. The number of halogens is 1. The van der Waals surface area contributed by atoms with E-state index >= 15 is 0 Å². The summed E-state index contributed by atoms with van der Waals surface area (Å²) in [4.78, 5) is 14.7. The lowest BCUT2D eigenvalue weighted by Crippen LogP contribution is -2.45. The van der Waals surface area contributed by atoms with E-state index in [1.165, 1.54) is 5.56 Å². The number of hydrogen-bond donors (Lipinski definition) is 1. The third kappa shape index (κ3) is 6.14. The lowest BCUT2D eigenvalue weighted by Gasteiger charge is -2.32. The van der Waals surface area contributed by atoms with Crippen molar-refractivity contribution in [2.24, 2.45) is 0 Å². The average molecular weight is 403 g/mol. The van der Waals surface area contributed by atoms with Crippen LogP contribution in [0.1, 0.15) is 25.3 Å². The molecule has 1 fully saturated rings. The summed E-state index contributed by atoms with van der Waals surface area (Å²) in [6.07, 6.45) is 1.88. The van der Waals surface area contributed by atoms with Gasteiger partial charge in [-0.1, -0.05) is 35.9 Å².